The fraction of sp³-hybridized carbons (Fsp3) is 0.731. The van der Waals surface area contributed by atoms with E-state index in [0.717, 1.165) is 48.5 Å². The zero-order valence-electron chi connectivity index (χ0n) is 19.2. The van der Waals surface area contributed by atoms with Gasteiger partial charge >= 0.3 is 0 Å². The van der Waals surface area contributed by atoms with Crippen LogP contribution in [0.3, 0.4) is 0 Å². The molecule has 7 rings (SSSR count). The van der Waals surface area contributed by atoms with Gasteiger partial charge in [-0.2, -0.15) is 0 Å². The lowest BCUT2D eigenvalue weighted by molar-refractivity contribution is -0.131. The maximum absolute atomic E-state index is 13.0. The molecule has 174 valence electrons. The van der Waals surface area contributed by atoms with Gasteiger partial charge in [-0.05, 0) is 93.2 Å². The van der Waals surface area contributed by atoms with Crippen molar-refractivity contribution < 1.29 is 14.3 Å². The highest BCUT2D eigenvalue weighted by atomic mass is 35.5. The molecular weight excluding hydrogens is 424 g/mol. The Balaban J connectivity index is 1.10. The first-order valence-corrected chi connectivity index (χ1v) is 12.9. The van der Waals surface area contributed by atoms with E-state index in [0.29, 0.717) is 35.2 Å². The molecule has 5 nitrogen and oxygen atoms in total. The third-order valence-corrected chi connectivity index (χ3v) is 9.40. The lowest BCUT2D eigenvalue weighted by Gasteiger charge is -2.58. The minimum atomic E-state index is 0.232. The largest absolute Gasteiger partial charge is 0.454 e. The number of nitrogens with zero attached hydrogens (tertiary/aromatic N) is 2. The second-order valence-electron chi connectivity index (χ2n) is 11.4. The van der Waals surface area contributed by atoms with E-state index in [1.807, 2.05) is 17.0 Å². The number of rotatable bonds is 5. The molecule has 2 heterocycles. The maximum atomic E-state index is 13.0. The van der Waals surface area contributed by atoms with E-state index in [1.165, 1.54) is 45.1 Å². The molecule has 4 saturated carbocycles. The van der Waals surface area contributed by atoms with Gasteiger partial charge in [0.05, 0.1) is 0 Å². The molecule has 1 unspecified atom stereocenters. The number of hydrogen-bond acceptors (Lipinski definition) is 4. The average molecular weight is 459 g/mol. The summed E-state index contributed by atoms with van der Waals surface area (Å²) in [5.74, 6) is 4.63. The highest BCUT2D eigenvalue weighted by molar-refractivity contribution is 6.31. The molecule has 4 aliphatic carbocycles. The second-order valence-corrected chi connectivity index (χ2v) is 11.8. The Kier molecular flexibility index (Phi) is 5.33. The topological polar surface area (TPSA) is 42.0 Å². The van der Waals surface area contributed by atoms with Gasteiger partial charge < -0.3 is 19.3 Å². The summed E-state index contributed by atoms with van der Waals surface area (Å²) in [6, 6.07) is 4.23. The van der Waals surface area contributed by atoms with Gasteiger partial charge in [-0.3, -0.25) is 4.79 Å². The number of benzene rings is 1. The normalized spacial score (nSPS) is 35.6. The van der Waals surface area contributed by atoms with Gasteiger partial charge in [0.25, 0.3) is 0 Å². The van der Waals surface area contributed by atoms with Crippen molar-refractivity contribution in [2.24, 2.45) is 23.2 Å². The van der Waals surface area contributed by atoms with Gasteiger partial charge in [-0.15, -0.1) is 0 Å². The minimum absolute atomic E-state index is 0.232. The highest BCUT2D eigenvalue weighted by Crippen LogP contribution is 2.60. The molecule has 0 spiro atoms. The maximum Gasteiger partial charge on any atom is 0.231 e. The summed E-state index contributed by atoms with van der Waals surface area (Å²) in [7, 11) is 2.32. The van der Waals surface area contributed by atoms with E-state index in [1.54, 1.807) is 0 Å². The van der Waals surface area contributed by atoms with Crippen LogP contribution in [-0.2, 0) is 11.3 Å². The smallest absolute Gasteiger partial charge is 0.231 e. The van der Waals surface area contributed by atoms with Crippen LogP contribution < -0.4 is 9.47 Å². The Morgan fingerprint density at radius 3 is 2.41 bits per heavy atom. The summed E-state index contributed by atoms with van der Waals surface area (Å²) >= 11 is 6.49. The predicted octanol–water partition coefficient (Wildman–Crippen LogP) is 5.10. The SMILES string of the molecule is CN(CC12CC3CC(CC(C3)C1)C2)C1CCC(=O)N(Cc2cc3c(cc2Cl)OCO3)CC1. The molecule has 0 aromatic heterocycles. The summed E-state index contributed by atoms with van der Waals surface area (Å²) in [5, 5.41) is 0.641. The van der Waals surface area contributed by atoms with Crippen LogP contribution in [-0.4, -0.2) is 48.7 Å². The molecule has 1 atom stereocenters. The van der Waals surface area contributed by atoms with Gasteiger partial charge in [0.2, 0.25) is 12.7 Å². The third-order valence-electron chi connectivity index (χ3n) is 9.05. The molecule has 1 saturated heterocycles. The fourth-order valence-corrected chi connectivity index (χ4v) is 8.27. The first kappa shape index (κ1) is 21.1. The van der Waals surface area contributed by atoms with Gasteiger partial charge in [-0.25, -0.2) is 0 Å². The first-order valence-electron chi connectivity index (χ1n) is 12.5. The van der Waals surface area contributed by atoms with Gasteiger partial charge in [-0.1, -0.05) is 11.6 Å². The Morgan fingerprint density at radius 2 is 1.72 bits per heavy atom. The van der Waals surface area contributed by atoms with Crippen LogP contribution in [0.1, 0.15) is 63.4 Å². The first-order chi connectivity index (χ1) is 15.5. The molecule has 32 heavy (non-hydrogen) atoms. The number of carbonyl (C=O) groups is 1. The monoisotopic (exact) mass is 458 g/mol. The van der Waals surface area contributed by atoms with Gasteiger partial charge in [0.15, 0.2) is 11.5 Å². The summed E-state index contributed by atoms with van der Waals surface area (Å²) in [6.07, 6.45) is 11.5. The van der Waals surface area contributed by atoms with E-state index in [9.17, 15) is 4.79 Å². The number of amides is 1. The van der Waals surface area contributed by atoms with Crippen molar-refractivity contribution in [3.05, 3.63) is 22.7 Å². The summed E-state index contributed by atoms with van der Waals surface area (Å²) < 4.78 is 10.9. The molecule has 0 N–H and O–H groups in total. The molecule has 1 aromatic carbocycles. The highest BCUT2D eigenvalue weighted by Gasteiger charge is 2.51. The van der Waals surface area contributed by atoms with Crippen molar-refractivity contribution in [1.82, 2.24) is 9.80 Å². The Bertz CT molecular complexity index is 868. The second kappa shape index (κ2) is 8.09. The van der Waals surface area contributed by atoms with Crippen molar-refractivity contribution in [1.29, 1.82) is 0 Å². The van der Waals surface area contributed by atoms with Crippen molar-refractivity contribution in [3.8, 4) is 11.5 Å². The van der Waals surface area contributed by atoms with Crippen molar-refractivity contribution in [2.45, 2.75) is 70.4 Å². The van der Waals surface area contributed by atoms with Gasteiger partial charge in [0, 0.05) is 43.2 Å². The number of fused-ring (bicyclic) bond motifs is 1. The summed E-state index contributed by atoms with van der Waals surface area (Å²) in [4.78, 5) is 17.6. The van der Waals surface area contributed by atoms with Crippen LogP contribution in [0.4, 0.5) is 0 Å². The van der Waals surface area contributed by atoms with Crippen LogP contribution in [0.2, 0.25) is 5.02 Å². The van der Waals surface area contributed by atoms with Crippen LogP contribution >= 0.6 is 11.6 Å². The molecule has 4 bridgehead atoms. The van der Waals surface area contributed by atoms with Crippen molar-refractivity contribution in [3.63, 3.8) is 0 Å². The minimum Gasteiger partial charge on any atom is -0.454 e. The standard InChI is InChI=1S/C26H35ClN2O3/c1-28(15-26-11-17-6-18(12-26)8-19(7-17)13-26)21-2-3-25(30)29(5-4-21)14-20-9-23-24(10-22(20)27)32-16-31-23/h9-10,17-19,21H,2-8,11-16H2,1H3. The summed E-state index contributed by atoms with van der Waals surface area (Å²) in [5.41, 5.74) is 1.49. The number of carbonyl (C=O) groups excluding carboxylic acids is 1. The molecule has 1 aromatic rings. The zero-order chi connectivity index (χ0) is 21.9. The van der Waals surface area contributed by atoms with Crippen LogP contribution in [0.25, 0.3) is 0 Å². The van der Waals surface area contributed by atoms with Crippen LogP contribution in [0.5, 0.6) is 11.5 Å². The van der Waals surface area contributed by atoms with Gasteiger partial charge in [0.1, 0.15) is 0 Å². The molecule has 0 radical (unpaired) electrons. The Morgan fingerprint density at radius 1 is 1.06 bits per heavy atom. The van der Waals surface area contributed by atoms with E-state index in [4.69, 9.17) is 21.1 Å². The average Bonchev–Trinajstić information content (AvgIpc) is 3.09. The molecular formula is C26H35ClN2O3. The molecule has 6 heteroatoms. The number of ether oxygens (including phenoxy) is 2. The third kappa shape index (κ3) is 3.90. The molecule has 5 fully saturated rings. The number of halogens is 1. The van der Waals surface area contributed by atoms with E-state index in [-0.39, 0.29) is 12.7 Å². The van der Waals surface area contributed by atoms with Crippen LogP contribution in [0.15, 0.2) is 12.1 Å². The van der Waals surface area contributed by atoms with Crippen LogP contribution in [0, 0.1) is 23.2 Å². The van der Waals surface area contributed by atoms with Crippen molar-refractivity contribution in [2.75, 3.05) is 26.9 Å². The van der Waals surface area contributed by atoms with E-state index < -0.39 is 0 Å². The fourth-order valence-electron chi connectivity index (χ4n) is 8.06. The number of hydrogen-bond donors (Lipinski definition) is 0. The number of likely N-dealkylation sites (tertiary alicyclic amines) is 1. The summed E-state index contributed by atoms with van der Waals surface area (Å²) in [6.45, 7) is 2.79. The lowest BCUT2D eigenvalue weighted by Crippen LogP contribution is -2.52. The predicted molar refractivity (Wildman–Crippen MR) is 124 cm³/mol. The zero-order valence-corrected chi connectivity index (χ0v) is 19.9. The van der Waals surface area contributed by atoms with E-state index >= 15 is 0 Å². The molecule has 2 aliphatic heterocycles. The Hall–Kier alpha value is -1.46. The quantitative estimate of drug-likeness (QED) is 0.615. The molecule has 1 amide bonds. The molecule has 6 aliphatic rings. The Labute approximate surface area is 196 Å². The van der Waals surface area contributed by atoms with Crippen molar-refractivity contribution >= 4 is 17.5 Å². The lowest BCUT2D eigenvalue weighted by atomic mass is 9.49. The van der Waals surface area contributed by atoms with E-state index in [2.05, 4.69) is 11.9 Å².